The molecule has 13 heavy (non-hydrogen) atoms. The maximum Gasteiger partial charge on any atom is 0.335 e. The van der Waals surface area contributed by atoms with Gasteiger partial charge in [-0.1, -0.05) is 24.8 Å². The Kier molecular flexibility index (Phi) is 1.69. The molecule has 66 valence electrons. The van der Waals surface area contributed by atoms with Crippen molar-refractivity contribution in [1.29, 1.82) is 0 Å². The van der Waals surface area contributed by atoms with Gasteiger partial charge in [0.25, 0.3) is 0 Å². The highest BCUT2D eigenvalue weighted by Crippen LogP contribution is 2.26. The molecule has 0 spiro atoms. The molecule has 1 aliphatic rings. The van der Waals surface area contributed by atoms with Crippen LogP contribution in [0.1, 0.15) is 16.7 Å². The quantitative estimate of drug-likeness (QED) is 0.695. The van der Waals surface area contributed by atoms with Gasteiger partial charge in [-0.2, -0.15) is 0 Å². The van der Waals surface area contributed by atoms with Crippen molar-refractivity contribution in [2.24, 2.45) is 0 Å². The normalized spacial score (nSPS) is 12.9. The molecule has 0 bridgehead atoms. The molecule has 0 atom stereocenters. The molecule has 0 saturated carbocycles. The Bertz CT molecular complexity index is 391. The van der Waals surface area contributed by atoms with Gasteiger partial charge in [0.2, 0.25) is 0 Å². The first kappa shape index (κ1) is 8.05. The lowest BCUT2D eigenvalue weighted by atomic mass is 9.86. The average molecular weight is 174 g/mol. The number of carbonyl (C=O) groups is 1. The van der Waals surface area contributed by atoms with E-state index in [1.165, 1.54) is 11.1 Å². The molecule has 0 heterocycles. The van der Waals surface area contributed by atoms with Crippen molar-refractivity contribution in [2.45, 2.75) is 12.8 Å². The predicted octanol–water partition coefficient (Wildman–Crippen LogP) is 1.88. The van der Waals surface area contributed by atoms with Crippen LogP contribution in [-0.4, -0.2) is 11.1 Å². The maximum atomic E-state index is 10.6. The SMILES string of the molecule is C=C(C(=O)O)c1ccc2c(c1)CC2. The summed E-state index contributed by atoms with van der Waals surface area (Å²) in [5.41, 5.74) is 3.50. The third-order valence-corrected chi connectivity index (χ3v) is 2.48. The molecule has 0 fully saturated rings. The number of benzene rings is 1. The second-order valence-corrected chi connectivity index (χ2v) is 3.27. The number of carboxylic acid groups (broad SMARTS) is 1. The highest BCUT2D eigenvalue weighted by atomic mass is 16.4. The first-order valence-electron chi connectivity index (χ1n) is 4.23. The van der Waals surface area contributed by atoms with Crippen LogP contribution in [0.15, 0.2) is 24.8 Å². The van der Waals surface area contributed by atoms with Gasteiger partial charge in [0.05, 0.1) is 5.57 Å². The summed E-state index contributed by atoms with van der Waals surface area (Å²) in [4.78, 5) is 10.6. The molecule has 0 aromatic heterocycles. The van der Waals surface area contributed by atoms with E-state index in [2.05, 4.69) is 6.58 Å². The first-order valence-corrected chi connectivity index (χ1v) is 4.23. The van der Waals surface area contributed by atoms with E-state index in [1.807, 2.05) is 18.2 Å². The number of carboxylic acids is 1. The van der Waals surface area contributed by atoms with E-state index in [4.69, 9.17) is 5.11 Å². The van der Waals surface area contributed by atoms with E-state index in [0.717, 1.165) is 18.4 Å². The van der Waals surface area contributed by atoms with Crippen LogP contribution in [0.25, 0.3) is 5.57 Å². The predicted molar refractivity (Wildman–Crippen MR) is 50.5 cm³/mol. The van der Waals surface area contributed by atoms with Crippen molar-refractivity contribution < 1.29 is 9.90 Å². The zero-order chi connectivity index (χ0) is 9.42. The minimum absolute atomic E-state index is 0.176. The molecule has 2 nitrogen and oxygen atoms in total. The van der Waals surface area contributed by atoms with Gasteiger partial charge in [-0.15, -0.1) is 0 Å². The zero-order valence-electron chi connectivity index (χ0n) is 7.21. The second-order valence-electron chi connectivity index (χ2n) is 3.27. The van der Waals surface area contributed by atoms with Crippen molar-refractivity contribution in [3.05, 3.63) is 41.5 Å². The molecule has 1 aromatic rings. The van der Waals surface area contributed by atoms with Crippen LogP contribution in [0.5, 0.6) is 0 Å². The second kappa shape index (κ2) is 2.73. The van der Waals surface area contributed by atoms with Crippen LogP contribution < -0.4 is 0 Å². The van der Waals surface area contributed by atoms with Crippen LogP contribution in [0, 0.1) is 0 Å². The van der Waals surface area contributed by atoms with Crippen LogP contribution in [-0.2, 0) is 17.6 Å². The molecule has 1 aliphatic carbocycles. The summed E-state index contributed by atoms with van der Waals surface area (Å²) in [6.07, 6.45) is 2.19. The Hall–Kier alpha value is -1.57. The van der Waals surface area contributed by atoms with E-state index in [1.54, 1.807) is 0 Å². The van der Waals surface area contributed by atoms with Gasteiger partial charge in [-0.3, -0.25) is 0 Å². The summed E-state index contributed by atoms with van der Waals surface area (Å²) in [5.74, 6) is -0.945. The monoisotopic (exact) mass is 174 g/mol. The van der Waals surface area contributed by atoms with Gasteiger partial charge in [0.1, 0.15) is 0 Å². The van der Waals surface area contributed by atoms with Crippen molar-refractivity contribution in [2.75, 3.05) is 0 Å². The van der Waals surface area contributed by atoms with E-state index in [-0.39, 0.29) is 5.57 Å². The maximum absolute atomic E-state index is 10.6. The lowest BCUT2D eigenvalue weighted by Crippen LogP contribution is -2.09. The van der Waals surface area contributed by atoms with E-state index < -0.39 is 5.97 Å². The molecule has 0 aliphatic heterocycles. The minimum Gasteiger partial charge on any atom is -0.478 e. The number of rotatable bonds is 2. The number of aliphatic carboxylic acids is 1. The van der Waals surface area contributed by atoms with E-state index in [0.29, 0.717) is 0 Å². The first-order chi connectivity index (χ1) is 6.18. The molecular formula is C11H10O2. The van der Waals surface area contributed by atoms with Crippen molar-refractivity contribution >= 4 is 11.5 Å². The Morgan fingerprint density at radius 2 is 2.00 bits per heavy atom. The Morgan fingerprint density at radius 1 is 1.31 bits per heavy atom. The largest absolute Gasteiger partial charge is 0.478 e. The topological polar surface area (TPSA) is 37.3 Å². The molecule has 1 N–H and O–H groups in total. The highest BCUT2D eigenvalue weighted by molar-refractivity contribution is 6.14. The average Bonchev–Trinajstić information content (AvgIpc) is 2.06. The molecular weight excluding hydrogens is 164 g/mol. The highest BCUT2D eigenvalue weighted by Gasteiger charge is 2.15. The number of aryl methyl sites for hydroxylation is 2. The Morgan fingerprint density at radius 3 is 2.46 bits per heavy atom. The van der Waals surface area contributed by atoms with Crippen LogP contribution in [0.2, 0.25) is 0 Å². The number of fused-ring (bicyclic) bond motifs is 1. The van der Waals surface area contributed by atoms with Crippen molar-refractivity contribution in [1.82, 2.24) is 0 Å². The van der Waals surface area contributed by atoms with Gasteiger partial charge in [-0.25, -0.2) is 4.79 Å². The Balaban J connectivity index is 2.37. The summed E-state index contributed by atoms with van der Waals surface area (Å²) < 4.78 is 0. The van der Waals surface area contributed by atoms with Crippen LogP contribution in [0.4, 0.5) is 0 Å². The summed E-state index contributed by atoms with van der Waals surface area (Å²) in [5, 5.41) is 8.71. The lowest BCUT2D eigenvalue weighted by molar-refractivity contribution is -0.130. The van der Waals surface area contributed by atoms with Gasteiger partial charge in [-0.05, 0) is 29.5 Å². The molecule has 2 heteroatoms. The van der Waals surface area contributed by atoms with Crippen LogP contribution >= 0.6 is 0 Å². The van der Waals surface area contributed by atoms with Gasteiger partial charge in [0, 0.05) is 0 Å². The standard InChI is InChI=1S/C11H10O2/c1-7(11(12)13)9-4-2-8-3-5-10(8)6-9/h2,4,6H,1,3,5H2,(H,12,13). The van der Waals surface area contributed by atoms with Crippen molar-refractivity contribution in [3.63, 3.8) is 0 Å². The summed E-state index contributed by atoms with van der Waals surface area (Å²) in [6, 6.07) is 5.74. The van der Waals surface area contributed by atoms with Gasteiger partial charge >= 0.3 is 5.97 Å². The van der Waals surface area contributed by atoms with E-state index in [9.17, 15) is 4.79 Å². The molecule has 0 saturated heterocycles. The number of hydrogen-bond acceptors (Lipinski definition) is 1. The fraction of sp³-hybridized carbons (Fsp3) is 0.182. The molecule has 1 aromatic carbocycles. The summed E-state index contributed by atoms with van der Waals surface area (Å²) in [6.45, 7) is 3.52. The fourth-order valence-corrected chi connectivity index (χ4v) is 1.51. The minimum atomic E-state index is -0.945. The molecule has 0 amide bonds. The fourth-order valence-electron chi connectivity index (χ4n) is 1.51. The van der Waals surface area contributed by atoms with Gasteiger partial charge < -0.3 is 5.11 Å². The summed E-state index contributed by atoms with van der Waals surface area (Å²) >= 11 is 0. The molecule has 0 unspecified atom stereocenters. The Labute approximate surface area is 76.5 Å². The summed E-state index contributed by atoms with van der Waals surface area (Å²) in [7, 11) is 0. The van der Waals surface area contributed by atoms with Gasteiger partial charge in [0.15, 0.2) is 0 Å². The lowest BCUT2D eigenvalue weighted by Gasteiger charge is -2.19. The van der Waals surface area contributed by atoms with E-state index >= 15 is 0 Å². The third kappa shape index (κ3) is 1.24. The zero-order valence-corrected chi connectivity index (χ0v) is 7.21. The smallest absolute Gasteiger partial charge is 0.335 e. The number of hydrogen-bond donors (Lipinski definition) is 1. The van der Waals surface area contributed by atoms with Crippen molar-refractivity contribution in [3.8, 4) is 0 Å². The molecule has 0 radical (unpaired) electrons. The third-order valence-electron chi connectivity index (χ3n) is 2.48. The van der Waals surface area contributed by atoms with Crippen LogP contribution in [0.3, 0.4) is 0 Å². The molecule has 2 rings (SSSR count).